The molecule has 0 bridgehead atoms. The summed E-state index contributed by atoms with van der Waals surface area (Å²) < 4.78 is 7.32. The van der Waals surface area contributed by atoms with Crippen LogP contribution in [0.5, 0.6) is 0 Å². The van der Waals surface area contributed by atoms with E-state index in [2.05, 4.69) is 75.0 Å². The zero-order valence-electron chi connectivity index (χ0n) is 11.6. The lowest BCUT2D eigenvalue weighted by Crippen LogP contribution is -2.30. The first-order valence-electron chi connectivity index (χ1n) is 6.42. The third-order valence-electron chi connectivity index (χ3n) is 3.43. The van der Waals surface area contributed by atoms with Gasteiger partial charge < -0.3 is 10.2 Å². The van der Waals surface area contributed by atoms with E-state index in [4.69, 9.17) is 10.2 Å². The van der Waals surface area contributed by atoms with Gasteiger partial charge in [0.15, 0.2) is 4.67 Å². The number of likely N-dealkylation sites (N-methyl/N-ethyl adjacent to an activating group) is 1. The van der Waals surface area contributed by atoms with Crippen molar-refractivity contribution in [2.45, 2.75) is 19.5 Å². The number of benzene rings is 1. The third-order valence-corrected chi connectivity index (χ3v) is 5.14. The Morgan fingerprint density at radius 1 is 1.30 bits per heavy atom. The zero-order chi connectivity index (χ0) is 14.7. The molecule has 0 aliphatic carbocycles. The van der Waals surface area contributed by atoms with Crippen molar-refractivity contribution in [1.29, 1.82) is 0 Å². The molecule has 108 valence electrons. The fraction of sp³-hybridized carbons (Fsp3) is 0.333. The topological polar surface area (TPSA) is 42.4 Å². The lowest BCUT2D eigenvalue weighted by Gasteiger charge is -2.25. The maximum atomic E-state index is 5.92. The molecule has 1 heterocycles. The molecule has 0 spiro atoms. The first kappa shape index (κ1) is 15.8. The van der Waals surface area contributed by atoms with E-state index < -0.39 is 0 Å². The predicted molar refractivity (Wildman–Crippen MR) is 88.5 cm³/mol. The highest BCUT2D eigenvalue weighted by Crippen LogP contribution is 2.32. The second kappa shape index (κ2) is 6.89. The van der Waals surface area contributed by atoms with Gasteiger partial charge in [-0.2, -0.15) is 0 Å². The van der Waals surface area contributed by atoms with Gasteiger partial charge in [0.2, 0.25) is 0 Å². The van der Waals surface area contributed by atoms with E-state index in [1.807, 2.05) is 6.07 Å². The summed E-state index contributed by atoms with van der Waals surface area (Å²) in [7, 11) is 2.06. The molecule has 0 saturated carbocycles. The molecule has 0 aliphatic rings. The van der Waals surface area contributed by atoms with Crippen LogP contribution in [0.4, 0.5) is 0 Å². The first-order valence-corrected chi connectivity index (χ1v) is 8.01. The average molecular weight is 402 g/mol. The molecule has 1 aromatic carbocycles. The molecule has 0 radical (unpaired) electrons. The summed E-state index contributed by atoms with van der Waals surface area (Å²) in [5.74, 6) is 0.863. The van der Waals surface area contributed by atoms with E-state index in [9.17, 15) is 0 Å². The molecule has 1 unspecified atom stereocenters. The van der Waals surface area contributed by atoms with E-state index in [-0.39, 0.29) is 6.04 Å². The molecule has 1 atom stereocenters. The number of nitrogens with zero attached hydrogens (tertiary/aromatic N) is 1. The number of hydrogen-bond donors (Lipinski definition) is 1. The van der Waals surface area contributed by atoms with Crippen molar-refractivity contribution in [2.24, 2.45) is 5.73 Å². The van der Waals surface area contributed by atoms with Crippen LogP contribution >= 0.6 is 31.9 Å². The van der Waals surface area contributed by atoms with E-state index in [1.165, 1.54) is 11.1 Å². The van der Waals surface area contributed by atoms with Crippen LogP contribution in [-0.2, 0) is 6.54 Å². The van der Waals surface area contributed by atoms with Gasteiger partial charge in [0.1, 0.15) is 5.76 Å². The monoisotopic (exact) mass is 400 g/mol. The Bertz CT molecular complexity index is 564. The van der Waals surface area contributed by atoms with Crippen molar-refractivity contribution in [2.75, 3.05) is 13.6 Å². The number of hydrogen-bond acceptors (Lipinski definition) is 3. The van der Waals surface area contributed by atoms with Crippen LogP contribution in [0.1, 0.15) is 22.9 Å². The Kier molecular flexibility index (Phi) is 5.43. The number of furan rings is 1. The largest absolute Gasteiger partial charge is 0.451 e. The van der Waals surface area contributed by atoms with Crippen LogP contribution in [-0.4, -0.2) is 18.5 Å². The SMILES string of the molecule is Cc1ccccc1CN(C)C(CN)c1cc(Br)c(Br)o1. The van der Waals surface area contributed by atoms with Gasteiger partial charge in [0, 0.05) is 13.1 Å². The molecule has 20 heavy (non-hydrogen) atoms. The molecule has 0 amide bonds. The number of rotatable bonds is 5. The highest BCUT2D eigenvalue weighted by molar-refractivity contribution is 9.13. The minimum Gasteiger partial charge on any atom is -0.451 e. The van der Waals surface area contributed by atoms with Gasteiger partial charge in [0.05, 0.1) is 10.5 Å². The van der Waals surface area contributed by atoms with Crippen molar-refractivity contribution < 1.29 is 4.42 Å². The van der Waals surface area contributed by atoms with Crippen molar-refractivity contribution in [1.82, 2.24) is 4.90 Å². The molecular weight excluding hydrogens is 384 g/mol. The van der Waals surface area contributed by atoms with Crippen molar-refractivity contribution >= 4 is 31.9 Å². The highest BCUT2D eigenvalue weighted by atomic mass is 79.9. The van der Waals surface area contributed by atoms with Crippen LogP contribution in [0.25, 0.3) is 0 Å². The molecule has 2 aromatic rings. The predicted octanol–water partition coefficient (Wildman–Crippen LogP) is 4.24. The average Bonchev–Trinajstić information content (AvgIpc) is 2.73. The lowest BCUT2D eigenvalue weighted by molar-refractivity contribution is 0.211. The van der Waals surface area contributed by atoms with Gasteiger partial charge in [0.25, 0.3) is 0 Å². The van der Waals surface area contributed by atoms with Crippen LogP contribution in [0.2, 0.25) is 0 Å². The fourth-order valence-corrected chi connectivity index (χ4v) is 2.82. The lowest BCUT2D eigenvalue weighted by atomic mass is 10.1. The second-order valence-electron chi connectivity index (χ2n) is 4.86. The van der Waals surface area contributed by atoms with Crippen molar-refractivity contribution in [3.8, 4) is 0 Å². The van der Waals surface area contributed by atoms with E-state index in [1.54, 1.807) is 0 Å². The summed E-state index contributed by atoms with van der Waals surface area (Å²) in [5, 5.41) is 0. The minimum atomic E-state index is 0.0530. The van der Waals surface area contributed by atoms with E-state index in [0.717, 1.165) is 16.8 Å². The number of aryl methyl sites for hydroxylation is 1. The molecule has 3 nitrogen and oxygen atoms in total. The number of halogens is 2. The molecule has 5 heteroatoms. The Hall–Kier alpha value is -0.620. The van der Waals surface area contributed by atoms with Gasteiger partial charge in [-0.3, -0.25) is 4.90 Å². The van der Waals surface area contributed by atoms with E-state index in [0.29, 0.717) is 11.2 Å². The van der Waals surface area contributed by atoms with Crippen LogP contribution in [0.15, 0.2) is 43.9 Å². The zero-order valence-corrected chi connectivity index (χ0v) is 14.7. The van der Waals surface area contributed by atoms with Gasteiger partial charge in [-0.25, -0.2) is 0 Å². The summed E-state index contributed by atoms with van der Waals surface area (Å²) >= 11 is 6.81. The quantitative estimate of drug-likeness (QED) is 0.814. The second-order valence-corrected chi connectivity index (χ2v) is 6.44. The normalized spacial score (nSPS) is 12.9. The van der Waals surface area contributed by atoms with Crippen molar-refractivity contribution in [3.05, 3.63) is 56.4 Å². The van der Waals surface area contributed by atoms with E-state index >= 15 is 0 Å². The number of nitrogens with two attached hydrogens (primary N) is 1. The Balaban J connectivity index is 2.17. The van der Waals surface area contributed by atoms with Gasteiger partial charge in [-0.15, -0.1) is 0 Å². The standard InChI is InChI=1S/C15H18Br2N2O/c1-10-5-3-4-6-11(10)9-19(2)13(8-18)14-7-12(16)15(17)20-14/h3-7,13H,8-9,18H2,1-2H3. The molecule has 2 N–H and O–H groups in total. The van der Waals surface area contributed by atoms with Gasteiger partial charge in [-0.1, -0.05) is 24.3 Å². The molecule has 0 saturated heterocycles. The molecule has 0 fully saturated rings. The third kappa shape index (κ3) is 3.52. The molecular formula is C15H18Br2N2O. The minimum absolute atomic E-state index is 0.0530. The highest BCUT2D eigenvalue weighted by Gasteiger charge is 2.21. The summed E-state index contributed by atoms with van der Waals surface area (Å²) in [6.07, 6.45) is 0. The van der Waals surface area contributed by atoms with Gasteiger partial charge in [-0.05, 0) is 63.0 Å². The summed E-state index contributed by atoms with van der Waals surface area (Å²) in [4.78, 5) is 2.21. The summed E-state index contributed by atoms with van der Waals surface area (Å²) in [6.45, 7) is 3.47. The Morgan fingerprint density at radius 2 is 2.00 bits per heavy atom. The maximum absolute atomic E-state index is 5.92. The van der Waals surface area contributed by atoms with Crippen molar-refractivity contribution in [3.63, 3.8) is 0 Å². The first-order chi connectivity index (χ1) is 9.52. The van der Waals surface area contributed by atoms with Gasteiger partial charge >= 0.3 is 0 Å². The Labute approximate surface area is 136 Å². The molecule has 2 rings (SSSR count). The van der Waals surface area contributed by atoms with Crippen LogP contribution in [0, 0.1) is 6.92 Å². The fourth-order valence-electron chi connectivity index (χ4n) is 2.21. The summed E-state index contributed by atoms with van der Waals surface area (Å²) in [6, 6.07) is 10.4. The van der Waals surface area contributed by atoms with Crippen LogP contribution < -0.4 is 5.73 Å². The van der Waals surface area contributed by atoms with Crippen LogP contribution in [0.3, 0.4) is 0 Å². The smallest absolute Gasteiger partial charge is 0.183 e. The molecule has 0 aliphatic heterocycles. The molecule has 1 aromatic heterocycles. The maximum Gasteiger partial charge on any atom is 0.183 e. The Morgan fingerprint density at radius 3 is 2.55 bits per heavy atom. The summed E-state index contributed by atoms with van der Waals surface area (Å²) in [5.41, 5.74) is 8.52.